The number of nitrogens with zero attached hydrogens (tertiary/aromatic N) is 4. The zero-order valence-electron chi connectivity index (χ0n) is 13.4. The van der Waals surface area contributed by atoms with E-state index >= 15 is 0 Å². The summed E-state index contributed by atoms with van der Waals surface area (Å²) in [6.07, 6.45) is 2.20. The Morgan fingerprint density at radius 3 is 3.00 bits per heavy atom. The van der Waals surface area contributed by atoms with Crippen LogP contribution in [0.15, 0.2) is 33.8 Å². The van der Waals surface area contributed by atoms with Crippen LogP contribution in [0.5, 0.6) is 0 Å². The maximum atomic E-state index is 12.5. The molecule has 0 aliphatic heterocycles. The molecular weight excluding hydrogens is 294 g/mol. The van der Waals surface area contributed by atoms with E-state index in [2.05, 4.69) is 20.4 Å². The second-order valence-electron chi connectivity index (χ2n) is 5.65. The number of nitrogens with one attached hydrogen (secondary N) is 1. The molecule has 0 aliphatic carbocycles. The van der Waals surface area contributed by atoms with Crippen molar-refractivity contribution in [3.63, 3.8) is 0 Å². The van der Waals surface area contributed by atoms with E-state index in [0.29, 0.717) is 23.5 Å². The van der Waals surface area contributed by atoms with Gasteiger partial charge in [0.25, 0.3) is 5.56 Å². The Bertz CT molecular complexity index is 884. The summed E-state index contributed by atoms with van der Waals surface area (Å²) >= 11 is 0. The predicted octanol–water partition coefficient (Wildman–Crippen LogP) is 1.29. The van der Waals surface area contributed by atoms with Gasteiger partial charge in [-0.3, -0.25) is 9.36 Å². The average Bonchev–Trinajstić information content (AvgIpc) is 2.97. The van der Waals surface area contributed by atoms with E-state index in [1.54, 1.807) is 6.07 Å². The molecule has 0 spiro atoms. The van der Waals surface area contributed by atoms with Crippen molar-refractivity contribution in [2.45, 2.75) is 32.9 Å². The van der Waals surface area contributed by atoms with Crippen molar-refractivity contribution in [3.8, 4) is 0 Å². The monoisotopic (exact) mass is 313 g/mol. The van der Waals surface area contributed by atoms with Gasteiger partial charge < -0.3 is 9.84 Å². The largest absolute Gasteiger partial charge is 0.337 e. The van der Waals surface area contributed by atoms with Crippen molar-refractivity contribution in [1.29, 1.82) is 0 Å². The summed E-state index contributed by atoms with van der Waals surface area (Å²) < 4.78 is 6.72. The highest BCUT2D eigenvalue weighted by Crippen LogP contribution is 2.11. The molecule has 0 amide bonds. The molecule has 1 N–H and O–H groups in total. The molecule has 0 saturated heterocycles. The molecule has 0 radical (unpaired) electrons. The number of aryl methyl sites for hydroxylation is 1. The molecule has 0 saturated carbocycles. The topological polar surface area (TPSA) is 85.8 Å². The fraction of sp³-hybridized carbons (Fsp3) is 0.375. The Hall–Kier alpha value is -2.54. The van der Waals surface area contributed by atoms with Gasteiger partial charge in [-0.1, -0.05) is 17.3 Å². The molecule has 0 fully saturated rings. The lowest BCUT2D eigenvalue weighted by molar-refractivity contribution is 0.363. The van der Waals surface area contributed by atoms with Crippen LogP contribution in [0.4, 0.5) is 0 Å². The molecule has 120 valence electrons. The van der Waals surface area contributed by atoms with E-state index in [1.807, 2.05) is 33.0 Å². The number of para-hydroxylation sites is 1. The highest BCUT2D eigenvalue weighted by atomic mass is 16.5. The van der Waals surface area contributed by atoms with Crippen molar-refractivity contribution in [2.75, 3.05) is 7.05 Å². The number of hydrogen-bond donors (Lipinski definition) is 1. The van der Waals surface area contributed by atoms with Crippen LogP contribution in [0.3, 0.4) is 0 Å². The van der Waals surface area contributed by atoms with Crippen LogP contribution in [0.2, 0.25) is 0 Å². The molecule has 2 aromatic heterocycles. The summed E-state index contributed by atoms with van der Waals surface area (Å²) in [6.45, 7) is 4.19. The summed E-state index contributed by atoms with van der Waals surface area (Å²) in [4.78, 5) is 21.2. The van der Waals surface area contributed by atoms with Gasteiger partial charge in [0.15, 0.2) is 5.82 Å². The summed E-state index contributed by atoms with van der Waals surface area (Å²) in [5, 5.41) is 7.66. The molecule has 7 heteroatoms. The molecule has 1 atom stereocenters. The molecule has 23 heavy (non-hydrogen) atoms. The van der Waals surface area contributed by atoms with E-state index in [9.17, 15) is 4.79 Å². The van der Waals surface area contributed by atoms with Gasteiger partial charge in [-0.2, -0.15) is 4.98 Å². The summed E-state index contributed by atoms with van der Waals surface area (Å²) in [7, 11) is 1.88. The van der Waals surface area contributed by atoms with Crippen LogP contribution in [0.1, 0.15) is 24.2 Å². The Morgan fingerprint density at radius 1 is 1.39 bits per heavy atom. The molecule has 7 nitrogen and oxygen atoms in total. The highest BCUT2D eigenvalue weighted by molar-refractivity contribution is 5.80. The zero-order valence-corrected chi connectivity index (χ0v) is 13.4. The fourth-order valence-electron chi connectivity index (χ4n) is 2.41. The van der Waals surface area contributed by atoms with Crippen LogP contribution in [-0.4, -0.2) is 32.8 Å². The van der Waals surface area contributed by atoms with Gasteiger partial charge in [-0.05, 0) is 32.5 Å². The van der Waals surface area contributed by atoms with E-state index in [1.165, 1.54) is 10.9 Å². The SMILES string of the molecule is CNC(C)Cc1noc(Cn2cnc3c(C)cccc3c2=O)n1. The molecule has 3 aromatic rings. The Balaban J connectivity index is 1.87. The van der Waals surface area contributed by atoms with Crippen LogP contribution < -0.4 is 10.9 Å². The molecule has 0 aliphatic rings. The molecular formula is C16H19N5O2. The lowest BCUT2D eigenvalue weighted by atomic mass is 10.1. The van der Waals surface area contributed by atoms with Gasteiger partial charge in [-0.15, -0.1) is 0 Å². The average molecular weight is 313 g/mol. The maximum Gasteiger partial charge on any atom is 0.261 e. The third-order valence-corrected chi connectivity index (χ3v) is 3.85. The quantitative estimate of drug-likeness (QED) is 0.764. The van der Waals surface area contributed by atoms with E-state index in [4.69, 9.17) is 4.52 Å². The second-order valence-corrected chi connectivity index (χ2v) is 5.65. The number of hydrogen-bond acceptors (Lipinski definition) is 6. The van der Waals surface area contributed by atoms with Gasteiger partial charge in [0.1, 0.15) is 6.54 Å². The first-order chi connectivity index (χ1) is 11.1. The Labute approximate surface area is 133 Å². The molecule has 1 aromatic carbocycles. The molecule has 2 heterocycles. The zero-order chi connectivity index (χ0) is 16.4. The van der Waals surface area contributed by atoms with E-state index in [-0.39, 0.29) is 18.1 Å². The molecule has 0 bridgehead atoms. The van der Waals surface area contributed by atoms with Crippen molar-refractivity contribution < 1.29 is 4.52 Å². The minimum atomic E-state index is -0.109. The highest BCUT2D eigenvalue weighted by Gasteiger charge is 2.12. The number of aromatic nitrogens is 4. The summed E-state index contributed by atoms with van der Waals surface area (Å²) in [5.74, 6) is 1.03. The Morgan fingerprint density at radius 2 is 2.22 bits per heavy atom. The minimum absolute atomic E-state index is 0.109. The number of fused-ring (bicyclic) bond motifs is 1. The first-order valence-corrected chi connectivity index (χ1v) is 7.52. The van der Waals surface area contributed by atoms with E-state index < -0.39 is 0 Å². The second kappa shape index (κ2) is 6.29. The third-order valence-electron chi connectivity index (χ3n) is 3.85. The third kappa shape index (κ3) is 3.14. The van der Waals surface area contributed by atoms with Crippen molar-refractivity contribution in [1.82, 2.24) is 25.0 Å². The van der Waals surface area contributed by atoms with Gasteiger partial charge in [-0.25, -0.2) is 4.98 Å². The lowest BCUT2D eigenvalue weighted by Gasteiger charge is -2.05. The van der Waals surface area contributed by atoms with Crippen LogP contribution >= 0.6 is 0 Å². The van der Waals surface area contributed by atoms with Gasteiger partial charge in [0.2, 0.25) is 5.89 Å². The maximum absolute atomic E-state index is 12.5. The minimum Gasteiger partial charge on any atom is -0.337 e. The van der Waals surface area contributed by atoms with Crippen LogP contribution in [0.25, 0.3) is 10.9 Å². The molecule has 1 unspecified atom stereocenters. The first kappa shape index (κ1) is 15.4. The number of likely N-dealkylation sites (N-methyl/N-ethyl adjacent to an activating group) is 1. The normalized spacial score (nSPS) is 12.7. The van der Waals surface area contributed by atoms with Crippen molar-refractivity contribution in [3.05, 3.63) is 52.2 Å². The number of benzene rings is 1. The first-order valence-electron chi connectivity index (χ1n) is 7.52. The van der Waals surface area contributed by atoms with Gasteiger partial charge in [0, 0.05) is 12.5 Å². The predicted molar refractivity (Wildman–Crippen MR) is 86.4 cm³/mol. The lowest BCUT2D eigenvalue weighted by Crippen LogP contribution is -2.24. The summed E-state index contributed by atoms with van der Waals surface area (Å²) in [5.41, 5.74) is 1.60. The van der Waals surface area contributed by atoms with Crippen LogP contribution in [0, 0.1) is 6.92 Å². The van der Waals surface area contributed by atoms with E-state index in [0.717, 1.165) is 11.1 Å². The van der Waals surface area contributed by atoms with Crippen molar-refractivity contribution >= 4 is 10.9 Å². The van der Waals surface area contributed by atoms with Gasteiger partial charge in [0.05, 0.1) is 17.2 Å². The summed E-state index contributed by atoms with van der Waals surface area (Å²) in [6, 6.07) is 5.83. The number of rotatable bonds is 5. The fourth-order valence-corrected chi connectivity index (χ4v) is 2.41. The van der Waals surface area contributed by atoms with Gasteiger partial charge >= 0.3 is 0 Å². The smallest absolute Gasteiger partial charge is 0.261 e. The Kier molecular flexibility index (Phi) is 4.20. The standard InChI is InChI=1S/C16H19N5O2/c1-10-5-4-6-12-15(10)18-9-21(16(12)22)8-14-19-13(20-23-14)7-11(2)17-3/h4-6,9,11,17H,7-8H2,1-3H3. The molecule has 3 rings (SSSR count). The van der Waals surface area contributed by atoms with Crippen LogP contribution in [-0.2, 0) is 13.0 Å². The van der Waals surface area contributed by atoms with Crippen molar-refractivity contribution in [2.24, 2.45) is 0 Å².